The summed E-state index contributed by atoms with van der Waals surface area (Å²) in [6.45, 7) is 6.32. The fraction of sp³-hybridized carbons (Fsp3) is 0.563. The van der Waals surface area contributed by atoms with Crippen LogP contribution in [0.2, 0.25) is 0 Å². The monoisotopic (exact) mass is 1060 g/mol. The van der Waals surface area contributed by atoms with Gasteiger partial charge >= 0.3 is 17.9 Å². The Hall–Kier alpha value is -5.23. The second-order valence-corrected chi connectivity index (χ2v) is 19.5. The van der Waals surface area contributed by atoms with Gasteiger partial charge in [0.1, 0.15) is 13.2 Å². The van der Waals surface area contributed by atoms with Gasteiger partial charge in [-0.25, -0.2) is 0 Å². The van der Waals surface area contributed by atoms with Gasteiger partial charge in [0.25, 0.3) is 0 Å². The van der Waals surface area contributed by atoms with Crippen LogP contribution in [0.5, 0.6) is 0 Å². The van der Waals surface area contributed by atoms with Gasteiger partial charge in [-0.3, -0.25) is 14.4 Å². The van der Waals surface area contributed by atoms with E-state index in [-0.39, 0.29) is 37.5 Å². The number of esters is 3. The van der Waals surface area contributed by atoms with Gasteiger partial charge in [-0.1, -0.05) is 255 Å². The van der Waals surface area contributed by atoms with E-state index in [2.05, 4.69) is 191 Å². The molecule has 0 saturated carbocycles. The van der Waals surface area contributed by atoms with Gasteiger partial charge in [0, 0.05) is 19.3 Å². The van der Waals surface area contributed by atoms with Crippen molar-refractivity contribution in [2.45, 2.75) is 245 Å². The van der Waals surface area contributed by atoms with Gasteiger partial charge in [-0.2, -0.15) is 0 Å². The number of rotatable bonds is 53. The van der Waals surface area contributed by atoms with Crippen LogP contribution >= 0.6 is 0 Å². The zero-order valence-electron chi connectivity index (χ0n) is 49.1. The Labute approximate surface area is 472 Å². The van der Waals surface area contributed by atoms with Crippen LogP contribution in [0.15, 0.2) is 170 Å². The van der Waals surface area contributed by atoms with Crippen LogP contribution in [0.1, 0.15) is 239 Å². The van der Waals surface area contributed by atoms with Crippen LogP contribution in [-0.2, 0) is 28.6 Å². The molecule has 1 unspecified atom stereocenters. The molecule has 0 aromatic carbocycles. The van der Waals surface area contributed by atoms with E-state index in [0.29, 0.717) is 19.3 Å². The minimum Gasteiger partial charge on any atom is -0.462 e. The maximum atomic E-state index is 12.8. The number of allylic oxidation sites excluding steroid dienone is 28. The first-order valence-corrected chi connectivity index (χ1v) is 30.6. The number of hydrogen-bond donors (Lipinski definition) is 0. The van der Waals surface area contributed by atoms with E-state index in [9.17, 15) is 14.4 Å². The summed E-state index contributed by atoms with van der Waals surface area (Å²) in [6, 6.07) is 0. The number of ether oxygens (including phenoxy) is 3. The van der Waals surface area contributed by atoms with Gasteiger partial charge in [-0.15, -0.1) is 0 Å². The topological polar surface area (TPSA) is 78.9 Å². The molecule has 0 aromatic rings. The van der Waals surface area contributed by atoms with Crippen LogP contribution in [0.4, 0.5) is 0 Å². The van der Waals surface area contributed by atoms with E-state index in [4.69, 9.17) is 14.2 Å². The van der Waals surface area contributed by atoms with Crippen molar-refractivity contribution in [2.24, 2.45) is 0 Å². The molecule has 0 radical (unpaired) electrons. The molecule has 0 aliphatic rings. The summed E-state index contributed by atoms with van der Waals surface area (Å²) in [5.74, 6) is -0.987. The molecule has 0 bridgehead atoms. The number of carbonyl (C=O) groups excluding carboxylic acids is 3. The predicted octanol–water partition coefficient (Wildman–Crippen LogP) is 21.1. The molecule has 0 spiro atoms. The largest absolute Gasteiger partial charge is 0.462 e. The highest BCUT2D eigenvalue weighted by Crippen LogP contribution is 2.13. The summed E-state index contributed by atoms with van der Waals surface area (Å²) in [6.07, 6.45) is 93.6. The molecular formula is C71H110O6. The SMILES string of the molecule is CC/C=C\C/C=C\C/C=C\C/C=C\C/C=C\C/C=C\C/C=C\C/C=C\C/C=C\CCCCCC(=O)OCC(COC(=O)CCCCCCCCCCC)OC(=O)CCCCC/C=C\C/C=C\C/C=C\C/C=C\C/C=C\CC. The van der Waals surface area contributed by atoms with Gasteiger partial charge in [0.15, 0.2) is 6.10 Å². The van der Waals surface area contributed by atoms with Crippen LogP contribution in [0.3, 0.4) is 0 Å². The summed E-state index contributed by atoms with van der Waals surface area (Å²) in [5.41, 5.74) is 0. The Kier molecular flexibility index (Phi) is 59.0. The summed E-state index contributed by atoms with van der Waals surface area (Å²) in [4.78, 5) is 38.1. The van der Waals surface area contributed by atoms with E-state index in [0.717, 1.165) is 154 Å². The lowest BCUT2D eigenvalue weighted by Gasteiger charge is -2.18. The van der Waals surface area contributed by atoms with Crippen molar-refractivity contribution in [3.63, 3.8) is 0 Å². The van der Waals surface area contributed by atoms with Crippen molar-refractivity contribution in [3.8, 4) is 0 Å². The van der Waals surface area contributed by atoms with Crippen molar-refractivity contribution in [3.05, 3.63) is 170 Å². The molecule has 1 atom stereocenters. The minimum absolute atomic E-state index is 0.108. The lowest BCUT2D eigenvalue weighted by molar-refractivity contribution is -0.167. The normalized spacial score (nSPS) is 13.3. The van der Waals surface area contributed by atoms with Gasteiger partial charge in [0.2, 0.25) is 0 Å². The number of carbonyl (C=O) groups is 3. The highest BCUT2D eigenvalue weighted by Gasteiger charge is 2.19. The molecule has 77 heavy (non-hydrogen) atoms. The zero-order chi connectivity index (χ0) is 55.7. The van der Waals surface area contributed by atoms with Gasteiger partial charge in [-0.05, 0) is 135 Å². The molecule has 0 aliphatic carbocycles. The molecule has 0 rings (SSSR count). The van der Waals surface area contributed by atoms with Gasteiger partial charge in [0.05, 0.1) is 0 Å². The first kappa shape index (κ1) is 71.8. The zero-order valence-corrected chi connectivity index (χ0v) is 49.1. The lowest BCUT2D eigenvalue weighted by Crippen LogP contribution is -2.30. The third kappa shape index (κ3) is 61.5. The molecule has 0 fully saturated rings. The Bertz CT molecular complexity index is 1790. The fourth-order valence-electron chi connectivity index (χ4n) is 7.69. The van der Waals surface area contributed by atoms with E-state index in [1.807, 2.05) is 0 Å². The quantitative estimate of drug-likeness (QED) is 0.0261. The first-order chi connectivity index (χ1) is 38.0. The van der Waals surface area contributed by atoms with Crippen molar-refractivity contribution in [1.29, 1.82) is 0 Å². The molecule has 6 nitrogen and oxygen atoms in total. The highest BCUT2D eigenvalue weighted by molar-refractivity contribution is 5.71. The molecule has 0 aliphatic heterocycles. The predicted molar refractivity (Wildman–Crippen MR) is 334 cm³/mol. The Morgan fingerprint density at radius 3 is 0.792 bits per heavy atom. The Morgan fingerprint density at radius 1 is 0.273 bits per heavy atom. The lowest BCUT2D eigenvalue weighted by atomic mass is 10.1. The molecule has 0 saturated heterocycles. The van der Waals surface area contributed by atoms with Crippen molar-refractivity contribution in [2.75, 3.05) is 13.2 Å². The molecule has 0 N–H and O–H groups in total. The average molecular weight is 1060 g/mol. The van der Waals surface area contributed by atoms with Crippen LogP contribution in [0.25, 0.3) is 0 Å². The molecule has 430 valence electrons. The van der Waals surface area contributed by atoms with Gasteiger partial charge < -0.3 is 14.2 Å². The Morgan fingerprint density at radius 2 is 0.506 bits per heavy atom. The average Bonchev–Trinajstić information content (AvgIpc) is 3.43. The second-order valence-electron chi connectivity index (χ2n) is 19.5. The Balaban J connectivity index is 4.39. The molecule has 0 heterocycles. The van der Waals surface area contributed by atoms with E-state index < -0.39 is 6.10 Å². The summed E-state index contributed by atoms with van der Waals surface area (Å²) >= 11 is 0. The van der Waals surface area contributed by atoms with Crippen LogP contribution < -0.4 is 0 Å². The highest BCUT2D eigenvalue weighted by atomic mass is 16.6. The van der Waals surface area contributed by atoms with E-state index >= 15 is 0 Å². The minimum atomic E-state index is -0.816. The molecule has 0 aromatic heterocycles. The number of hydrogen-bond acceptors (Lipinski definition) is 6. The molecular weight excluding hydrogens is 949 g/mol. The summed E-state index contributed by atoms with van der Waals surface area (Å²) in [5, 5.41) is 0. The first-order valence-electron chi connectivity index (χ1n) is 30.6. The smallest absolute Gasteiger partial charge is 0.306 e. The molecule has 6 heteroatoms. The summed E-state index contributed by atoms with van der Waals surface area (Å²) in [7, 11) is 0. The number of unbranched alkanes of at least 4 members (excludes halogenated alkanes) is 14. The maximum absolute atomic E-state index is 12.8. The standard InChI is InChI=1S/C71H110O6/c1-4-7-10-13-16-19-21-23-25-27-29-30-31-32-33-34-35-36-37-38-39-40-42-43-45-47-49-52-55-58-61-64-70(73)76-67-68(66-75-69(72)63-60-57-54-51-18-15-12-9-6-3)77-71(74)65-62-59-56-53-50-48-46-44-41-28-26-24-22-20-17-14-11-8-5-2/h7-8,10-11,16-17,19-20,23-26,29-30,32-33,35-36,38-39,41-44,47-50,68H,4-6,9,12-15,18,21-22,27-28,31,34,37,40,45-46,51-67H2,1-3H3/b10-7-,11-8-,19-16-,20-17-,25-23-,26-24-,30-29-,33-32-,36-35-,39-38-,43-42-,44-41-,49-47-,50-48-. The van der Waals surface area contributed by atoms with E-state index in [1.165, 1.54) is 38.5 Å². The third-order valence-electron chi connectivity index (χ3n) is 12.2. The van der Waals surface area contributed by atoms with Crippen molar-refractivity contribution >= 4 is 17.9 Å². The van der Waals surface area contributed by atoms with Crippen LogP contribution in [0, 0.1) is 0 Å². The maximum Gasteiger partial charge on any atom is 0.306 e. The summed E-state index contributed by atoms with van der Waals surface area (Å²) < 4.78 is 16.8. The fourth-order valence-corrected chi connectivity index (χ4v) is 7.69. The molecule has 0 amide bonds. The second kappa shape index (κ2) is 63.3. The third-order valence-corrected chi connectivity index (χ3v) is 12.2. The van der Waals surface area contributed by atoms with Crippen LogP contribution in [-0.4, -0.2) is 37.2 Å². The van der Waals surface area contributed by atoms with Crippen molar-refractivity contribution in [1.82, 2.24) is 0 Å². The van der Waals surface area contributed by atoms with E-state index in [1.54, 1.807) is 0 Å². The van der Waals surface area contributed by atoms with Crippen molar-refractivity contribution < 1.29 is 28.6 Å².